The summed E-state index contributed by atoms with van der Waals surface area (Å²) >= 11 is 0. The number of para-hydroxylation sites is 2. The predicted octanol–water partition coefficient (Wildman–Crippen LogP) is 7.93. The lowest BCUT2D eigenvalue weighted by molar-refractivity contribution is 1.39. The van der Waals surface area contributed by atoms with Gasteiger partial charge in [-0.15, -0.1) is 0 Å². The van der Waals surface area contributed by atoms with Gasteiger partial charge in [-0.05, 0) is 35.6 Å². The van der Waals surface area contributed by atoms with Crippen LogP contribution in [0.3, 0.4) is 0 Å². The van der Waals surface area contributed by atoms with Gasteiger partial charge < -0.3 is 4.98 Å². The fraction of sp³-hybridized carbons (Fsp3) is 0.0333. The molecule has 1 aliphatic rings. The van der Waals surface area contributed by atoms with Gasteiger partial charge in [-0.3, -0.25) is 0 Å². The third-order valence-electron chi connectivity index (χ3n) is 6.71. The lowest BCUT2D eigenvalue weighted by Gasteiger charge is -2.24. The molecule has 0 amide bonds. The molecule has 0 atom stereocenters. The highest BCUT2D eigenvalue weighted by molar-refractivity contribution is 6.35. The van der Waals surface area contributed by atoms with Crippen LogP contribution >= 0.6 is 0 Å². The zero-order valence-electron chi connectivity index (χ0n) is 17.7. The van der Waals surface area contributed by atoms with Crippen LogP contribution < -0.4 is 0 Å². The highest BCUT2D eigenvalue weighted by Gasteiger charge is 2.28. The lowest BCUT2D eigenvalue weighted by atomic mass is 9.82. The molecular formula is C30H20N2. The number of H-pyrrole nitrogens is 1. The summed E-state index contributed by atoms with van der Waals surface area (Å²) in [5, 5.41) is 4.99. The molecule has 2 heterocycles. The Morgan fingerprint density at radius 2 is 1.25 bits per heavy atom. The van der Waals surface area contributed by atoms with Crippen molar-refractivity contribution < 1.29 is 0 Å². The van der Waals surface area contributed by atoms with Crippen LogP contribution in [-0.4, -0.2) is 10.7 Å². The summed E-state index contributed by atoms with van der Waals surface area (Å²) in [5.41, 5.74) is 10.8. The molecule has 0 bridgehead atoms. The molecule has 2 heteroatoms. The molecule has 0 radical (unpaired) electrons. The second-order valence-corrected chi connectivity index (χ2v) is 8.51. The fourth-order valence-electron chi connectivity index (χ4n) is 5.24. The predicted molar refractivity (Wildman–Crippen MR) is 135 cm³/mol. The van der Waals surface area contributed by atoms with Gasteiger partial charge in [0.05, 0.1) is 16.9 Å². The molecule has 2 nitrogen and oxygen atoms in total. The van der Waals surface area contributed by atoms with E-state index in [1.165, 1.54) is 54.9 Å². The molecule has 1 N–H and O–H groups in total. The maximum atomic E-state index is 5.00. The Kier molecular flexibility index (Phi) is 3.51. The van der Waals surface area contributed by atoms with Crippen LogP contribution in [0.1, 0.15) is 16.7 Å². The molecule has 0 spiro atoms. The van der Waals surface area contributed by atoms with Gasteiger partial charge in [0.15, 0.2) is 0 Å². The average molecular weight is 409 g/mol. The van der Waals surface area contributed by atoms with Crippen LogP contribution in [0.5, 0.6) is 0 Å². The normalized spacial score (nSPS) is 12.7. The number of fused-ring (bicyclic) bond motifs is 6. The van der Waals surface area contributed by atoms with Crippen molar-refractivity contribution in [1.82, 2.24) is 4.98 Å². The number of aromatic nitrogens is 1. The lowest BCUT2D eigenvalue weighted by Crippen LogP contribution is -2.13. The third kappa shape index (κ3) is 2.27. The van der Waals surface area contributed by atoms with Crippen molar-refractivity contribution in [3.8, 4) is 11.1 Å². The Morgan fingerprint density at radius 1 is 0.594 bits per heavy atom. The molecule has 150 valence electrons. The number of aliphatic imine (C=N–C) groups is 1. The second kappa shape index (κ2) is 6.41. The van der Waals surface area contributed by atoms with Gasteiger partial charge in [0.1, 0.15) is 0 Å². The zero-order chi connectivity index (χ0) is 21.2. The molecule has 0 unspecified atom stereocenters. The van der Waals surface area contributed by atoms with E-state index in [0.717, 1.165) is 16.9 Å². The summed E-state index contributed by atoms with van der Waals surface area (Å²) in [6.45, 7) is 2.20. The van der Waals surface area contributed by atoms with Crippen LogP contribution in [0.2, 0.25) is 0 Å². The Morgan fingerprint density at radius 3 is 2.06 bits per heavy atom. The van der Waals surface area contributed by atoms with E-state index in [9.17, 15) is 0 Å². The molecule has 1 aromatic heterocycles. The molecule has 0 fully saturated rings. The Labute approximate surface area is 185 Å². The van der Waals surface area contributed by atoms with Crippen LogP contribution in [0.25, 0.3) is 43.7 Å². The van der Waals surface area contributed by atoms with E-state index in [2.05, 4.69) is 109 Å². The first-order valence-corrected chi connectivity index (χ1v) is 11.0. The Hall–Kier alpha value is -4.17. The van der Waals surface area contributed by atoms with Crippen molar-refractivity contribution in [1.29, 1.82) is 0 Å². The molecule has 0 saturated heterocycles. The van der Waals surface area contributed by atoms with E-state index < -0.39 is 0 Å². The molecular weight excluding hydrogens is 388 g/mol. The summed E-state index contributed by atoms with van der Waals surface area (Å²) in [4.78, 5) is 8.73. The van der Waals surface area contributed by atoms with E-state index in [4.69, 9.17) is 4.99 Å². The third-order valence-corrected chi connectivity index (χ3v) is 6.71. The van der Waals surface area contributed by atoms with E-state index in [1.54, 1.807) is 0 Å². The molecule has 0 aliphatic carbocycles. The Bertz CT molecular complexity index is 1730. The van der Waals surface area contributed by atoms with Crippen LogP contribution in [0.4, 0.5) is 5.69 Å². The SMILES string of the molecule is Cc1ccccc1-c1c(C2=Nc3ccccc32)c2ccccc2c2[nH]c3ccccc3c12. The molecule has 1 aliphatic heterocycles. The van der Waals surface area contributed by atoms with Gasteiger partial charge in [-0.25, -0.2) is 4.99 Å². The van der Waals surface area contributed by atoms with Gasteiger partial charge in [0, 0.05) is 38.4 Å². The summed E-state index contributed by atoms with van der Waals surface area (Å²) in [5.74, 6) is 0. The average Bonchev–Trinajstić information content (AvgIpc) is 3.20. The number of aromatic amines is 1. The summed E-state index contributed by atoms with van der Waals surface area (Å²) in [7, 11) is 0. The van der Waals surface area contributed by atoms with Crippen LogP contribution in [0.15, 0.2) is 102 Å². The van der Waals surface area contributed by atoms with Gasteiger partial charge in [-0.1, -0.05) is 84.9 Å². The highest BCUT2D eigenvalue weighted by atomic mass is 14.8. The van der Waals surface area contributed by atoms with Crippen molar-refractivity contribution in [2.75, 3.05) is 0 Å². The monoisotopic (exact) mass is 408 g/mol. The second-order valence-electron chi connectivity index (χ2n) is 8.51. The highest BCUT2D eigenvalue weighted by Crippen LogP contribution is 2.46. The van der Waals surface area contributed by atoms with E-state index in [0.29, 0.717) is 0 Å². The maximum Gasteiger partial charge on any atom is 0.0816 e. The van der Waals surface area contributed by atoms with Crippen molar-refractivity contribution in [2.24, 2.45) is 4.99 Å². The van der Waals surface area contributed by atoms with Gasteiger partial charge in [0.2, 0.25) is 0 Å². The first-order valence-electron chi connectivity index (χ1n) is 11.0. The topological polar surface area (TPSA) is 28.1 Å². The minimum Gasteiger partial charge on any atom is -0.354 e. The van der Waals surface area contributed by atoms with Crippen molar-refractivity contribution in [3.05, 3.63) is 114 Å². The zero-order valence-corrected chi connectivity index (χ0v) is 17.7. The number of benzene rings is 5. The van der Waals surface area contributed by atoms with E-state index in [1.807, 2.05) is 0 Å². The first-order chi connectivity index (χ1) is 15.8. The van der Waals surface area contributed by atoms with E-state index in [-0.39, 0.29) is 0 Å². The number of aryl methyl sites for hydroxylation is 1. The number of hydrogen-bond donors (Lipinski definition) is 1. The molecule has 7 rings (SSSR count). The van der Waals surface area contributed by atoms with Crippen molar-refractivity contribution in [2.45, 2.75) is 6.92 Å². The molecule has 0 saturated carbocycles. The minimum absolute atomic E-state index is 1.07. The van der Waals surface area contributed by atoms with Crippen LogP contribution in [-0.2, 0) is 0 Å². The van der Waals surface area contributed by atoms with Gasteiger partial charge >= 0.3 is 0 Å². The van der Waals surface area contributed by atoms with Gasteiger partial charge in [0.25, 0.3) is 0 Å². The number of nitrogens with zero attached hydrogens (tertiary/aromatic N) is 1. The van der Waals surface area contributed by atoms with Crippen LogP contribution in [0, 0.1) is 6.92 Å². The smallest absolute Gasteiger partial charge is 0.0816 e. The van der Waals surface area contributed by atoms with E-state index >= 15 is 0 Å². The van der Waals surface area contributed by atoms with Crippen molar-refractivity contribution >= 4 is 44.0 Å². The summed E-state index contributed by atoms with van der Waals surface area (Å²) in [6, 6.07) is 34.5. The number of hydrogen-bond acceptors (Lipinski definition) is 1. The fourth-order valence-corrected chi connectivity index (χ4v) is 5.24. The minimum atomic E-state index is 1.07. The largest absolute Gasteiger partial charge is 0.354 e. The standard InChI is InChI=1S/C30H20N2/c1-18-10-2-3-11-19(18)26-27(30-23-15-7-9-17-25(23)32-30)20-12-4-5-13-21(20)29-28(26)22-14-6-8-16-24(22)31-29/h2-17,31H,1H3. The summed E-state index contributed by atoms with van der Waals surface area (Å²) in [6.07, 6.45) is 0. The quantitative estimate of drug-likeness (QED) is 0.301. The number of rotatable bonds is 2. The first kappa shape index (κ1) is 17.5. The Balaban J connectivity index is 1.75. The molecule has 6 aromatic rings. The number of nitrogens with one attached hydrogen (secondary N) is 1. The molecule has 32 heavy (non-hydrogen) atoms. The maximum absolute atomic E-state index is 5.00. The summed E-state index contributed by atoms with van der Waals surface area (Å²) < 4.78 is 0. The van der Waals surface area contributed by atoms with Crippen molar-refractivity contribution in [3.63, 3.8) is 0 Å². The van der Waals surface area contributed by atoms with Gasteiger partial charge in [-0.2, -0.15) is 0 Å². The molecule has 5 aromatic carbocycles.